The van der Waals surface area contributed by atoms with Crippen molar-refractivity contribution in [2.45, 2.75) is 18.9 Å². The van der Waals surface area contributed by atoms with Gasteiger partial charge >= 0.3 is 5.97 Å². The highest BCUT2D eigenvalue weighted by atomic mass is 32.1. The Morgan fingerprint density at radius 2 is 1.91 bits per heavy atom. The maximum atomic E-state index is 13.7. The molecular formula is C27H20N2O3S2. The van der Waals surface area contributed by atoms with E-state index in [-0.39, 0.29) is 17.6 Å². The summed E-state index contributed by atoms with van der Waals surface area (Å²) < 4.78 is 7.35. The van der Waals surface area contributed by atoms with E-state index in [2.05, 4.69) is 18.2 Å². The van der Waals surface area contributed by atoms with Gasteiger partial charge in [0.15, 0.2) is 4.80 Å². The number of rotatable bonds is 3. The molecule has 0 radical (unpaired) electrons. The van der Waals surface area contributed by atoms with Crippen molar-refractivity contribution in [3.05, 3.63) is 118 Å². The zero-order valence-electron chi connectivity index (χ0n) is 18.4. The first-order chi connectivity index (χ1) is 16.6. The van der Waals surface area contributed by atoms with Crippen LogP contribution in [0.15, 0.2) is 81.4 Å². The molecule has 5 nitrogen and oxygen atoms in total. The number of ether oxygens (including phenoxy) is 1. The van der Waals surface area contributed by atoms with Crippen molar-refractivity contribution in [1.29, 1.82) is 0 Å². The van der Waals surface area contributed by atoms with Crippen molar-refractivity contribution < 1.29 is 9.53 Å². The van der Waals surface area contributed by atoms with Gasteiger partial charge in [-0.1, -0.05) is 53.8 Å². The smallest absolute Gasteiger partial charge is 0.337 e. The Kier molecular flexibility index (Phi) is 5.16. The Morgan fingerprint density at radius 3 is 2.68 bits per heavy atom. The third-order valence-corrected chi connectivity index (χ3v) is 8.14. The first kappa shape index (κ1) is 21.0. The molecule has 1 aliphatic carbocycles. The van der Waals surface area contributed by atoms with Crippen molar-refractivity contribution in [1.82, 2.24) is 4.57 Å². The first-order valence-corrected chi connectivity index (χ1v) is 12.7. The van der Waals surface area contributed by atoms with Crippen LogP contribution in [0.3, 0.4) is 0 Å². The molecule has 34 heavy (non-hydrogen) atoms. The molecule has 168 valence electrons. The van der Waals surface area contributed by atoms with Gasteiger partial charge in [-0.05, 0) is 59.2 Å². The van der Waals surface area contributed by atoms with Crippen molar-refractivity contribution in [3.8, 4) is 0 Å². The molecule has 0 spiro atoms. The van der Waals surface area contributed by atoms with Gasteiger partial charge in [0.1, 0.15) is 0 Å². The molecule has 1 aliphatic heterocycles. The van der Waals surface area contributed by atoms with Crippen LogP contribution in [0, 0.1) is 0 Å². The molecule has 0 saturated carbocycles. The summed E-state index contributed by atoms with van der Waals surface area (Å²) >= 11 is 3.03. The molecular weight excluding hydrogens is 464 g/mol. The number of benzene rings is 2. The summed E-state index contributed by atoms with van der Waals surface area (Å²) in [6.45, 7) is 0. The summed E-state index contributed by atoms with van der Waals surface area (Å²) in [5.74, 6) is -0.377. The van der Waals surface area contributed by atoms with Gasteiger partial charge in [0.05, 0.1) is 28.9 Å². The minimum Gasteiger partial charge on any atom is -0.465 e. The molecule has 1 unspecified atom stereocenters. The zero-order valence-corrected chi connectivity index (χ0v) is 20.0. The van der Waals surface area contributed by atoms with Gasteiger partial charge in [-0.25, -0.2) is 9.79 Å². The summed E-state index contributed by atoms with van der Waals surface area (Å²) in [6, 6.07) is 19.5. The van der Waals surface area contributed by atoms with Crippen LogP contribution in [0.25, 0.3) is 11.8 Å². The van der Waals surface area contributed by atoms with E-state index in [9.17, 15) is 9.59 Å². The summed E-state index contributed by atoms with van der Waals surface area (Å²) in [5.41, 5.74) is 5.92. The standard InChI is InChI=1S/C27H20N2O3S2/c1-32-26(31)18-10-8-17(9-11-18)24-21-13-12-16-5-2-3-7-20(16)23(21)28-27-29(24)25(30)22(34-27)15-19-6-4-14-33-19/h2-11,14-15,24H,12-13H2,1H3/b22-15-. The zero-order chi connectivity index (χ0) is 23.2. The Morgan fingerprint density at radius 1 is 1.09 bits per heavy atom. The van der Waals surface area contributed by atoms with E-state index in [1.54, 1.807) is 23.5 Å². The van der Waals surface area contributed by atoms with E-state index in [4.69, 9.17) is 9.73 Å². The number of methoxy groups -OCH3 is 1. The van der Waals surface area contributed by atoms with E-state index in [1.807, 2.05) is 46.4 Å². The van der Waals surface area contributed by atoms with Crippen LogP contribution in [-0.4, -0.2) is 17.6 Å². The van der Waals surface area contributed by atoms with Crippen LogP contribution < -0.4 is 14.9 Å². The van der Waals surface area contributed by atoms with Gasteiger partial charge in [0.2, 0.25) is 0 Å². The van der Waals surface area contributed by atoms with Gasteiger partial charge < -0.3 is 4.74 Å². The van der Waals surface area contributed by atoms with E-state index in [1.165, 1.54) is 24.0 Å². The van der Waals surface area contributed by atoms with E-state index in [0.29, 0.717) is 14.9 Å². The molecule has 2 aromatic heterocycles. The number of thiazole rings is 1. The number of aromatic nitrogens is 1. The topological polar surface area (TPSA) is 60.7 Å². The summed E-state index contributed by atoms with van der Waals surface area (Å²) in [5, 5.41) is 2.00. The van der Waals surface area contributed by atoms with E-state index >= 15 is 0 Å². The van der Waals surface area contributed by atoms with Crippen LogP contribution in [-0.2, 0) is 11.2 Å². The Hall–Kier alpha value is -3.55. The molecule has 0 fully saturated rings. The molecule has 7 heteroatoms. The van der Waals surface area contributed by atoms with Crippen molar-refractivity contribution in [3.63, 3.8) is 0 Å². The van der Waals surface area contributed by atoms with E-state index in [0.717, 1.165) is 40.1 Å². The second kappa shape index (κ2) is 8.34. The number of esters is 1. The second-order valence-corrected chi connectivity index (χ2v) is 10.2. The fourth-order valence-electron chi connectivity index (χ4n) is 4.74. The molecule has 0 bridgehead atoms. The number of allylic oxidation sites excluding steroid dienone is 1. The number of carbonyl (C=O) groups excluding carboxylic acids is 1. The third kappa shape index (κ3) is 3.40. The monoisotopic (exact) mass is 484 g/mol. The maximum absolute atomic E-state index is 13.7. The molecule has 2 aliphatic rings. The van der Waals surface area contributed by atoms with Crippen LogP contribution >= 0.6 is 22.7 Å². The lowest BCUT2D eigenvalue weighted by molar-refractivity contribution is 0.0600. The summed E-state index contributed by atoms with van der Waals surface area (Å²) in [7, 11) is 1.37. The van der Waals surface area contributed by atoms with Gasteiger partial charge in [0, 0.05) is 10.4 Å². The molecule has 0 amide bonds. The molecule has 2 aromatic carbocycles. The predicted octanol–water partition coefficient (Wildman–Crippen LogP) is 4.17. The van der Waals surface area contributed by atoms with Crippen LogP contribution in [0.1, 0.15) is 44.4 Å². The van der Waals surface area contributed by atoms with Crippen LogP contribution in [0.2, 0.25) is 0 Å². The fourth-order valence-corrected chi connectivity index (χ4v) is 6.47. The Labute approximate surface area is 203 Å². The number of carbonyl (C=O) groups is 1. The fraction of sp³-hybridized carbons (Fsp3) is 0.148. The quantitative estimate of drug-likeness (QED) is 0.410. The van der Waals surface area contributed by atoms with Crippen molar-refractivity contribution in [2.75, 3.05) is 7.11 Å². The molecule has 0 saturated heterocycles. The summed E-state index contributed by atoms with van der Waals surface area (Å²) in [4.78, 5) is 32.4. The average molecular weight is 485 g/mol. The van der Waals surface area contributed by atoms with Gasteiger partial charge in [-0.2, -0.15) is 0 Å². The second-order valence-electron chi connectivity index (χ2n) is 8.24. The first-order valence-electron chi connectivity index (χ1n) is 11.0. The van der Waals surface area contributed by atoms with Gasteiger partial charge in [0.25, 0.3) is 5.56 Å². The van der Waals surface area contributed by atoms with Crippen molar-refractivity contribution >= 4 is 40.4 Å². The molecule has 1 atom stereocenters. The number of thiophene rings is 1. The maximum Gasteiger partial charge on any atom is 0.337 e. The lowest BCUT2D eigenvalue weighted by Crippen LogP contribution is -2.38. The van der Waals surface area contributed by atoms with E-state index < -0.39 is 0 Å². The SMILES string of the molecule is COC(=O)c1ccc(C2C3=C(N=c4s/c(=C\c5cccs5)c(=O)n42)c2ccccc2CC3)cc1. The average Bonchev–Trinajstić information content (AvgIpc) is 3.50. The minimum atomic E-state index is -0.377. The summed E-state index contributed by atoms with van der Waals surface area (Å²) in [6.07, 6.45) is 3.68. The van der Waals surface area contributed by atoms with Crippen LogP contribution in [0.4, 0.5) is 0 Å². The largest absolute Gasteiger partial charge is 0.465 e. The molecule has 3 heterocycles. The number of nitrogens with zero attached hydrogens (tertiary/aromatic N) is 2. The Bertz CT molecular complexity index is 1620. The molecule has 6 rings (SSSR count). The number of hydrogen-bond acceptors (Lipinski definition) is 6. The lowest BCUT2D eigenvalue weighted by Gasteiger charge is -2.30. The highest BCUT2D eigenvalue weighted by Gasteiger charge is 2.32. The highest BCUT2D eigenvalue weighted by molar-refractivity contribution is 7.11. The molecule has 0 N–H and O–H groups in total. The lowest BCUT2D eigenvalue weighted by atomic mass is 9.83. The Balaban J connectivity index is 1.60. The molecule has 4 aromatic rings. The van der Waals surface area contributed by atoms with Gasteiger partial charge in [-0.3, -0.25) is 9.36 Å². The van der Waals surface area contributed by atoms with Crippen molar-refractivity contribution in [2.24, 2.45) is 4.99 Å². The normalized spacial score (nSPS) is 17.0. The van der Waals surface area contributed by atoms with Crippen LogP contribution in [0.5, 0.6) is 0 Å². The number of fused-ring (bicyclic) bond motifs is 3. The highest BCUT2D eigenvalue weighted by Crippen LogP contribution is 2.41. The predicted molar refractivity (Wildman–Crippen MR) is 135 cm³/mol. The number of aryl methyl sites for hydroxylation is 1. The number of hydrogen-bond donors (Lipinski definition) is 0. The minimum absolute atomic E-state index is 0.0374. The third-order valence-electron chi connectivity index (χ3n) is 6.34. The van der Waals surface area contributed by atoms with Gasteiger partial charge in [-0.15, -0.1) is 11.3 Å².